The molecule has 6 rings (SSSR count). The minimum Gasteiger partial charge on any atom is -0.507 e. The first-order chi connectivity index (χ1) is 25.1. The van der Waals surface area contributed by atoms with Crippen LogP contribution in [0.1, 0.15) is 111 Å². The second-order valence-electron chi connectivity index (χ2n) is 16.5. The molecule has 3 nitrogen and oxygen atoms in total. The highest BCUT2D eigenvalue weighted by atomic mass is 16.5. The first-order valence-corrected chi connectivity index (χ1v) is 18.7. The van der Waals surface area contributed by atoms with Gasteiger partial charge in [-0.1, -0.05) is 189 Å². The monoisotopic (exact) mass is 702 g/mol. The second kappa shape index (κ2) is 14.7. The predicted molar refractivity (Wildman–Crippen MR) is 219 cm³/mol. The van der Waals surface area contributed by atoms with Crippen molar-refractivity contribution in [3.05, 3.63) is 201 Å². The topological polar surface area (TPSA) is 49.7 Å². The maximum absolute atomic E-state index is 12.0. The predicted octanol–water partition coefficient (Wildman–Crippen LogP) is 12.1. The smallest absolute Gasteiger partial charge is 0.125 e. The minimum atomic E-state index is -0.476. The Morgan fingerprint density at radius 3 is 0.906 bits per heavy atom. The van der Waals surface area contributed by atoms with Gasteiger partial charge in [-0.25, -0.2) is 0 Å². The summed E-state index contributed by atoms with van der Waals surface area (Å²) in [6.45, 7) is 17.9. The van der Waals surface area contributed by atoms with Crippen LogP contribution in [-0.2, 0) is 39.6 Å². The van der Waals surface area contributed by atoms with Crippen molar-refractivity contribution in [3.8, 4) is 11.5 Å². The third-order valence-electron chi connectivity index (χ3n) is 11.7. The molecule has 0 radical (unpaired) electrons. The van der Waals surface area contributed by atoms with Crippen LogP contribution in [0.5, 0.6) is 11.5 Å². The molecule has 0 spiro atoms. The fourth-order valence-corrected chi connectivity index (χ4v) is 7.62. The van der Waals surface area contributed by atoms with Crippen LogP contribution < -0.4 is 0 Å². The van der Waals surface area contributed by atoms with Gasteiger partial charge >= 0.3 is 0 Å². The van der Waals surface area contributed by atoms with Gasteiger partial charge in [-0.3, -0.25) is 0 Å². The maximum Gasteiger partial charge on any atom is 0.125 e. The van der Waals surface area contributed by atoms with Crippen molar-refractivity contribution in [2.45, 2.75) is 90.3 Å². The van der Waals surface area contributed by atoms with E-state index in [1.807, 2.05) is 48.5 Å². The van der Waals surface area contributed by atoms with Gasteiger partial charge in [0.15, 0.2) is 0 Å². The van der Waals surface area contributed by atoms with Gasteiger partial charge in [-0.15, -0.1) is 0 Å². The Bertz CT molecular complexity index is 1990. The van der Waals surface area contributed by atoms with E-state index in [1.165, 1.54) is 11.1 Å². The molecular formula is C50H54O3. The number of hydrogen-bond donors (Lipinski definition) is 2. The largest absolute Gasteiger partial charge is 0.507 e. The van der Waals surface area contributed by atoms with Crippen molar-refractivity contribution in [1.29, 1.82) is 0 Å². The Balaban J connectivity index is 1.42. The summed E-state index contributed by atoms with van der Waals surface area (Å²) in [6.07, 6.45) is 0. The molecule has 0 saturated heterocycles. The lowest BCUT2D eigenvalue weighted by molar-refractivity contribution is 0.103. The van der Waals surface area contributed by atoms with Crippen LogP contribution in [0.15, 0.2) is 146 Å². The summed E-state index contributed by atoms with van der Waals surface area (Å²) in [5, 5.41) is 24.0. The molecule has 0 bridgehead atoms. The van der Waals surface area contributed by atoms with E-state index in [2.05, 4.69) is 152 Å². The molecule has 0 atom stereocenters. The van der Waals surface area contributed by atoms with Gasteiger partial charge in [0.05, 0.1) is 13.2 Å². The molecule has 0 fully saturated rings. The van der Waals surface area contributed by atoms with Gasteiger partial charge in [0.1, 0.15) is 11.5 Å². The summed E-state index contributed by atoms with van der Waals surface area (Å²) >= 11 is 0. The highest BCUT2D eigenvalue weighted by molar-refractivity contribution is 5.56. The lowest BCUT2D eigenvalue weighted by Gasteiger charge is -2.33. The summed E-state index contributed by atoms with van der Waals surface area (Å²) < 4.78 is 6.54. The number of rotatable bonds is 12. The van der Waals surface area contributed by atoms with Crippen molar-refractivity contribution in [2.24, 2.45) is 0 Å². The van der Waals surface area contributed by atoms with E-state index in [1.54, 1.807) is 0 Å². The summed E-state index contributed by atoms with van der Waals surface area (Å²) in [5.41, 5.74) is 8.34. The van der Waals surface area contributed by atoms with Gasteiger partial charge in [0.2, 0.25) is 0 Å². The SMILES string of the molecule is CC(C)(c1ccccc1)c1cc(COCc2cc(C(C)(C)c3ccccc3)cc(C(C)(C)c3ccccc3)c2O)c(O)c(C(C)(C)c2ccccc2)c1. The number of ether oxygens (including phenoxy) is 1. The van der Waals surface area contributed by atoms with Crippen molar-refractivity contribution in [3.63, 3.8) is 0 Å². The highest BCUT2D eigenvalue weighted by Crippen LogP contribution is 2.45. The van der Waals surface area contributed by atoms with Gasteiger partial charge < -0.3 is 14.9 Å². The van der Waals surface area contributed by atoms with E-state index < -0.39 is 10.8 Å². The van der Waals surface area contributed by atoms with Crippen LogP contribution in [0.3, 0.4) is 0 Å². The number of aromatic hydroxyl groups is 2. The first kappa shape index (κ1) is 37.6. The van der Waals surface area contributed by atoms with E-state index in [-0.39, 0.29) is 35.5 Å². The molecule has 0 aliphatic heterocycles. The molecule has 0 aliphatic rings. The second-order valence-corrected chi connectivity index (χ2v) is 16.5. The number of benzene rings is 6. The van der Waals surface area contributed by atoms with E-state index >= 15 is 0 Å². The number of phenolic OH excluding ortho intramolecular Hbond substituents is 2. The fraction of sp³-hybridized carbons (Fsp3) is 0.280. The zero-order valence-corrected chi connectivity index (χ0v) is 32.6. The maximum atomic E-state index is 12.0. The standard InChI is InChI=1S/C50H54O3/c1-47(2,37-21-13-9-14-22-37)41-29-35(45(51)43(31-41)49(5,6)39-25-17-11-18-26-39)33-53-34-36-30-42(48(3,4)38-23-15-10-16-24-38)32-44(46(36)52)50(7,8)40-27-19-12-20-28-40/h9-32,51-52H,33-34H2,1-8H3. The zero-order valence-electron chi connectivity index (χ0n) is 32.6. The lowest BCUT2D eigenvalue weighted by Crippen LogP contribution is -2.24. The fourth-order valence-electron chi connectivity index (χ4n) is 7.62. The Morgan fingerprint density at radius 2 is 0.623 bits per heavy atom. The van der Waals surface area contributed by atoms with E-state index in [4.69, 9.17) is 4.74 Å². The summed E-state index contributed by atoms with van der Waals surface area (Å²) in [7, 11) is 0. The summed E-state index contributed by atoms with van der Waals surface area (Å²) in [5.74, 6) is 0.473. The van der Waals surface area contributed by atoms with Crippen molar-refractivity contribution in [1.82, 2.24) is 0 Å². The van der Waals surface area contributed by atoms with Gasteiger partial charge in [0, 0.05) is 43.9 Å². The summed E-state index contributed by atoms with van der Waals surface area (Å²) in [6, 6.07) is 50.2. The quantitative estimate of drug-likeness (QED) is 0.133. The van der Waals surface area contributed by atoms with Crippen molar-refractivity contribution >= 4 is 0 Å². The highest BCUT2D eigenvalue weighted by Gasteiger charge is 2.34. The van der Waals surface area contributed by atoms with Crippen molar-refractivity contribution < 1.29 is 14.9 Å². The van der Waals surface area contributed by atoms with Crippen LogP contribution in [0, 0.1) is 0 Å². The van der Waals surface area contributed by atoms with Crippen LogP contribution in [0.4, 0.5) is 0 Å². The molecule has 0 heterocycles. The van der Waals surface area contributed by atoms with Gasteiger partial charge in [-0.05, 0) is 45.5 Å². The average Bonchev–Trinajstić information content (AvgIpc) is 3.17. The Hall–Kier alpha value is -5.12. The molecule has 0 unspecified atom stereocenters. The molecule has 53 heavy (non-hydrogen) atoms. The van der Waals surface area contributed by atoms with E-state index in [9.17, 15) is 10.2 Å². The average molecular weight is 703 g/mol. The van der Waals surface area contributed by atoms with Crippen LogP contribution in [0.25, 0.3) is 0 Å². The number of phenols is 2. The molecule has 6 aromatic carbocycles. The third-order valence-corrected chi connectivity index (χ3v) is 11.7. The van der Waals surface area contributed by atoms with Crippen LogP contribution in [-0.4, -0.2) is 10.2 Å². The molecule has 6 aromatic rings. The van der Waals surface area contributed by atoms with Crippen molar-refractivity contribution in [2.75, 3.05) is 0 Å². The zero-order chi connectivity index (χ0) is 38.0. The van der Waals surface area contributed by atoms with Crippen LogP contribution >= 0.6 is 0 Å². The Labute approximate surface area is 317 Å². The van der Waals surface area contributed by atoms with E-state index in [0.717, 1.165) is 44.5 Å². The normalized spacial score (nSPS) is 12.5. The third kappa shape index (κ3) is 7.41. The van der Waals surface area contributed by atoms with E-state index in [0.29, 0.717) is 0 Å². The molecule has 3 heteroatoms. The van der Waals surface area contributed by atoms with Gasteiger partial charge in [-0.2, -0.15) is 0 Å². The molecule has 0 saturated carbocycles. The molecule has 2 N–H and O–H groups in total. The molecular weight excluding hydrogens is 649 g/mol. The number of hydrogen-bond acceptors (Lipinski definition) is 3. The van der Waals surface area contributed by atoms with Gasteiger partial charge in [0.25, 0.3) is 0 Å². The molecule has 0 aliphatic carbocycles. The minimum absolute atomic E-state index is 0.172. The Morgan fingerprint density at radius 1 is 0.358 bits per heavy atom. The molecule has 272 valence electrons. The molecule has 0 amide bonds. The molecule has 0 aromatic heterocycles. The Kier molecular flexibility index (Phi) is 10.5. The summed E-state index contributed by atoms with van der Waals surface area (Å²) in [4.78, 5) is 0. The van der Waals surface area contributed by atoms with Crippen LogP contribution in [0.2, 0.25) is 0 Å². The lowest BCUT2D eigenvalue weighted by atomic mass is 9.72. The first-order valence-electron chi connectivity index (χ1n) is 18.7.